The fraction of sp³-hybridized carbons (Fsp3) is 0.423. The molecule has 2 aromatic rings. The highest BCUT2D eigenvalue weighted by atomic mass is 35.5. The van der Waals surface area contributed by atoms with Crippen LogP contribution in [-0.2, 0) is 23.9 Å². The van der Waals surface area contributed by atoms with E-state index in [2.05, 4.69) is 5.32 Å². The minimum Gasteiger partial charge on any atom is -0.442 e. The van der Waals surface area contributed by atoms with E-state index in [-0.39, 0.29) is 37.9 Å². The lowest BCUT2D eigenvalue weighted by molar-refractivity contribution is -0.129. The molecule has 3 heterocycles. The summed E-state index contributed by atoms with van der Waals surface area (Å²) in [6.07, 6.45) is -0.180. The number of cyclic esters (lactones) is 1. The lowest BCUT2D eigenvalue weighted by Gasteiger charge is -2.27. The predicted molar refractivity (Wildman–Crippen MR) is 145 cm³/mol. The lowest BCUT2D eigenvalue weighted by atomic mass is 10.2. The zero-order chi connectivity index (χ0) is 27.9. The van der Waals surface area contributed by atoms with Gasteiger partial charge in [-0.2, -0.15) is 0 Å². The molecule has 39 heavy (non-hydrogen) atoms. The first kappa shape index (κ1) is 28.5. The van der Waals surface area contributed by atoms with Gasteiger partial charge in [0.25, 0.3) is 11.8 Å². The number of carbonyl (C=O) groups excluding carboxylic acids is 5. The second-order valence-electron chi connectivity index (χ2n) is 9.08. The van der Waals surface area contributed by atoms with Gasteiger partial charge in [0.15, 0.2) is 0 Å². The van der Waals surface area contributed by atoms with Crippen LogP contribution in [0.1, 0.15) is 35.9 Å². The molecule has 0 bridgehead atoms. The van der Waals surface area contributed by atoms with E-state index >= 15 is 0 Å². The van der Waals surface area contributed by atoms with Gasteiger partial charge in [-0.15, -0.1) is 11.3 Å². The van der Waals surface area contributed by atoms with Gasteiger partial charge in [-0.1, -0.05) is 11.6 Å². The molecule has 4 rings (SSSR count). The van der Waals surface area contributed by atoms with Crippen LogP contribution in [0.5, 0.6) is 0 Å². The number of morpholine rings is 1. The first-order valence-electron chi connectivity index (χ1n) is 12.5. The smallest absolute Gasteiger partial charge is 0.414 e. The van der Waals surface area contributed by atoms with Crippen molar-refractivity contribution in [2.45, 2.75) is 32.3 Å². The van der Waals surface area contributed by atoms with Crippen molar-refractivity contribution in [2.75, 3.05) is 49.2 Å². The second kappa shape index (κ2) is 13.0. The normalized spacial score (nSPS) is 17.2. The summed E-state index contributed by atoms with van der Waals surface area (Å²) in [6, 6.07) is 10.1. The molecule has 1 unspecified atom stereocenters. The largest absolute Gasteiger partial charge is 0.442 e. The van der Waals surface area contributed by atoms with Gasteiger partial charge in [0.05, 0.1) is 28.9 Å². The molecule has 11 nitrogen and oxygen atoms in total. The maximum atomic E-state index is 13.2. The minimum atomic E-state index is -0.735. The first-order valence-corrected chi connectivity index (χ1v) is 13.7. The molecule has 1 N–H and O–H groups in total. The third-order valence-electron chi connectivity index (χ3n) is 6.24. The number of rotatable bonds is 10. The number of nitrogens with zero attached hydrogens (tertiary/aromatic N) is 3. The first-order chi connectivity index (χ1) is 18.7. The van der Waals surface area contributed by atoms with Crippen LogP contribution in [0.3, 0.4) is 0 Å². The number of benzene rings is 1. The Labute approximate surface area is 234 Å². The Bertz CT molecular complexity index is 1240. The van der Waals surface area contributed by atoms with E-state index in [9.17, 15) is 24.0 Å². The number of halogens is 1. The lowest BCUT2D eigenvalue weighted by Crippen LogP contribution is -2.43. The number of anilines is 2. The van der Waals surface area contributed by atoms with Crippen LogP contribution in [0.25, 0.3) is 0 Å². The van der Waals surface area contributed by atoms with Crippen molar-refractivity contribution in [1.29, 1.82) is 0 Å². The Morgan fingerprint density at radius 3 is 2.44 bits per heavy atom. The third kappa shape index (κ3) is 7.34. The molecule has 208 valence electrons. The molecule has 2 saturated heterocycles. The van der Waals surface area contributed by atoms with E-state index in [1.807, 2.05) is 0 Å². The Hall–Kier alpha value is -3.48. The fourth-order valence-corrected chi connectivity index (χ4v) is 5.29. The quantitative estimate of drug-likeness (QED) is 0.431. The van der Waals surface area contributed by atoms with Crippen LogP contribution >= 0.6 is 22.9 Å². The van der Waals surface area contributed by atoms with Gasteiger partial charge in [0, 0.05) is 37.8 Å². The van der Waals surface area contributed by atoms with Crippen LogP contribution in [0.2, 0.25) is 4.34 Å². The van der Waals surface area contributed by atoms with Crippen LogP contribution in [0.4, 0.5) is 16.2 Å². The van der Waals surface area contributed by atoms with Gasteiger partial charge < -0.3 is 19.7 Å². The number of imide groups is 1. The second-order valence-corrected chi connectivity index (χ2v) is 10.8. The van der Waals surface area contributed by atoms with Crippen LogP contribution in [0.15, 0.2) is 36.4 Å². The number of amides is 5. The molecule has 1 aromatic heterocycles. The molecule has 5 amide bonds. The van der Waals surface area contributed by atoms with Crippen molar-refractivity contribution < 1.29 is 33.4 Å². The SMILES string of the molecule is CC(=O)NCCCCC(=O)N(CC1CN(c2ccc(N3CCOCC3=O)cc2)C(=O)O1)C(=O)c1ccc(Cl)s1. The Balaban J connectivity index is 1.41. The molecule has 0 radical (unpaired) electrons. The molecule has 13 heteroatoms. The summed E-state index contributed by atoms with van der Waals surface area (Å²) in [7, 11) is 0. The maximum absolute atomic E-state index is 13.2. The molecule has 1 aromatic carbocycles. The van der Waals surface area contributed by atoms with E-state index in [0.29, 0.717) is 53.1 Å². The van der Waals surface area contributed by atoms with Crippen LogP contribution in [0, 0.1) is 0 Å². The number of unbranched alkanes of at least 4 members (excludes halogenated alkanes) is 1. The fourth-order valence-electron chi connectivity index (χ4n) is 4.30. The topological polar surface area (TPSA) is 126 Å². The Morgan fingerprint density at radius 1 is 1.08 bits per heavy atom. The van der Waals surface area contributed by atoms with Crippen LogP contribution in [-0.4, -0.2) is 80.1 Å². The monoisotopic (exact) mass is 576 g/mol. The standard InChI is InChI=1S/C26H29ClN4O7S/c1-17(32)28-11-3-2-4-23(33)31(25(35)21-9-10-22(27)39-21)15-20-14-30(26(36)38-20)19-7-5-18(6-8-19)29-12-13-37-16-24(29)34/h5-10,20H,2-4,11-16H2,1H3,(H,28,32). The van der Waals surface area contributed by atoms with Crippen molar-refractivity contribution in [3.8, 4) is 0 Å². The van der Waals surface area contributed by atoms with Gasteiger partial charge in [-0.05, 0) is 49.2 Å². The van der Waals surface area contributed by atoms with Gasteiger partial charge >= 0.3 is 6.09 Å². The summed E-state index contributed by atoms with van der Waals surface area (Å²) in [5, 5.41) is 2.68. The van der Waals surface area contributed by atoms with E-state index in [1.54, 1.807) is 41.3 Å². The zero-order valence-corrected chi connectivity index (χ0v) is 23.0. The van der Waals surface area contributed by atoms with Crippen LogP contribution < -0.4 is 15.1 Å². The molecule has 2 aliphatic rings. The van der Waals surface area contributed by atoms with Gasteiger partial charge in [-0.3, -0.25) is 29.0 Å². The summed E-state index contributed by atoms with van der Waals surface area (Å²) < 4.78 is 11.1. The third-order valence-corrected chi connectivity index (χ3v) is 7.46. The van der Waals surface area contributed by atoms with E-state index in [4.69, 9.17) is 21.1 Å². The highest BCUT2D eigenvalue weighted by Gasteiger charge is 2.36. The van der Waals surface area contributed by atoms with E-state index in [0.717, 1.165) is 16.2 Å². The number of thiophene rings is 1. The molecule has 1 atom stereocenters. The Kier molecular flexibility index (Phi) is 9.54. The number of hydrogen-bond acceptors (Lipinski definition) is 8. The molecule has 0 spiro atoms. The highest BCUT2D eigenvalue weighted by molar-refractivity contribution is 7.18. The van der Waals surface area contributed by atoms with Gasteiger partial charge in [0.1, 0.15) is 12.7 Å². The van der Waals surface area contributed by atoms with Crippen molar-refractivity contribution in [1.82, 2.24) is 10.2 Å². The van der Waals surface area contributed by atoms with Crippen molar-refractivity contribution in [3.63, 3.8) is 0 Å². The maximum Gasteiger partial charge on any atom is 0.414 e. The summed E-state index contributed by atoms with van der Waals surface area (Å²) in [6.45, 7) is 2.82. The average Bonchev–Trinajstić information content (AvgIpc) is 3.52. The summed E-state index contributed by atoms with van der Waals surface area (Å²) in [4.78, 5) is 66.6. The van der Waals surface area contributed by atoms with Gasteiger partial charge in [-0.25, -0.2) is 4.79 Å². The van der Waals surface area contributed by atoms with E-state index in [1.165, 1.54) is 11.8 Å². The molecular formula is C26H29ClN4O7S. The number of carbonyl (C=O) groups is 5. The molecule has 0 aliphatic carbocycles. The number of nitrogens with one attached hydrogen (secondary N) is 1. The minimum absolute atomic E-state index is 0.0306. The summed E-state index contributed by atoms with van der Waals surface area (Å²) >= 11 is 7.07. The molecule has 2 fully saturated rings. The summed E-state index contributed by atoms with van der Waals surface area (Å²) in [5.41, 5.74) is 1.27. The van der Waals surface area contributed by atoms with E-state index < -0.39 is 24.0 Å². The highest BCUT2D eigenvalue weighted by Crippen LogP contribution is 2.27. The molecule has 0 saturated carbocycles. The molecule has 2 aliphatic heterocycles. The summed E-state index contributed by atoms with van der Waals surface area (Å²) in [5.74, 6) is -1.19. The van der Waals surface area contributed by atoms with Gasteiger partial charge in [0.2, 0.25) is 11.8 Å². The van der Waals surface area contributed by atoms with Crippen molar-refractivity contribution >= 4 is 64.0 Å². The number of hydrogen-bond donors (Lipinski definition) is 1. The number of ether oxygens (including phenoxy) is 2. The average molecular weight is 577 g/mol. The Morgan fingerprint density at radius 2 is 1.79 bits per heavy atom. The van der Waals surface area contributed by atoms with Crippen molar-refractivity contribution in [3.05, 3.63) is 45.6 Å². The molecular weight excluding hydrogens is 548 g/mol. The predicted octanol–water partition coefficient (Wildman–Crippen LogP) is 3.07. The van der Waals surface area contributed by atoms with Crippen molar-refractivity contribution in [2.24, 2.45) is 0 Å². The zero-order valence-electron chi connectivity index (χ0n) is 21.4.